The number of nitrogens with one attached hydrogen (secondary N) is 2. The van der Waals surface area contributed by atoms with Crippen molar-refractivity contribution in [1.29, 1.82) is 0 Å². The van der Waals surface area contributed by atoms with Crippen molar-refractivity contribution in [3.63, 3.8) is 0 Å². The first-order chi connectivity index (χ1) is 8.56. The number of rotatable bonds is 9. The Balaban J connectivity index is 2.33. The molecule has 0 bridgehead atoms. The fourth-order valence-corrected chi connectivity index (χ4v) is 2.34. The minimum Gasteiger partial charge on any atom is -0.472 e. The van der Waals surface area contributed by atoms with E-state index in [0.29, 0.717) is 6.54 Å². The molecule has 0 saturated heterocycles. The summed E-state index contributed by atoms with van der Waals surface area (Å²) in [6.45, 7) is 4.48. The van der Waals surface area contributed by atoms with Gasteiger partial charge in [0.25, 0.3) is 10.2 Å². The molecule has 0 radical (unpaired) electrons. The van der Waals surface area contributed by atoms with E-state index in [2.05, 4.69) is 10.0 Å². The fourth-order valence-electron chi connectivity index (χ4n) is 1.40. The molecule has 2 N–H and O–H groups in total. The predicted octanol–water partition coefficient (Wildman–Crippen LogP) is 0.545. The van der Waals surface area contributed by atoms with Crippen molar-refractivity contribution < 1.29 is 12.8 Å². The van der Waals surface area contributed by atoms with Crippen LogP contribution in [-0.2, 0) is 16.8 Å². The molecule has 6 nitrogen and oxygen atoms in total. The van der Waals surface area contributed by atoms with Crippen molar-refractivity contribution in [2.45, 2.75) is 19.9 Å². The average Bonchev–Trinajstić information content (AvgIpc) is 2.85. The summed E-state index contributed by atoms with van der Waals surface area (Å²) in [6, 6.07) is 1.73. The Morgan fingerprint density at radius 2 is 2.22 bits per heavy atom. The van der Waals surface area contributed by atoms with E-state index in [-0.39, 0.29) is 6.54 Å². The van der Waals surface area contributed by atoms with Crippen LogP contribution in [0.15, 0.2) is 23.0 Å². The van der Waals surface area contributed by atoms with Crippen molar-refractivity contribution in [2.75, 3.05) is 26.7 Å². The molecule has 0 amide bonds. The van der Waals surface area contributed by atoms with Crippen LogP contribution in [0.5, 0.6) is 0 Å². The van der Waals surface area contributed by atoms with Gasteiger partial charge in [-0.2, -0.15) is 17.4 Å². The minimum absolute atomic E-state index is 0.246. The van der Waals surface area contributed by atoms with Gasteiger partial charge in [0, 0.05) is 25.7 Å². The lowest BCUT2D eigenvalue weighted by atomic mass is 10.4. The SMILES string of the molecule is CCNCCCN(C)S(=O)(=O)NCc1ccoc1. The smallest absolute Gasteiger partial charge is 0.279 e. The quantitative estimate of drug-likeness (QED) is 0.645. The maximum atomic E-state index is 11.9. The van der Waals surface area contributed by atoms with Crippen molar-refractivity contribution >= 4 is 10.2 Å². The normalized spacial score (nSPS) is 12.2. The second-order valence-electron chi connectivity index (χ2n) is 3.99. The van der Waals surface area contributed by atoms with Crippen LogP contribution in [-0.4, -0.2) is 39.4 Å². The van der Waals surface area contributed by atoms with Gasteiger partial charge in [-0.15, -0.1) is 0 Å². The standard InChI is InChI=1S/C11H21N3O3S/c1-3-12-6-4-7-14(2)18(15,16)13-9-11-5-8-17-10-11/h5,8,10,12-13H,3-4,6-7,9H2,1-2H3. The molecule has 1 aromatic heterocycles. The summed E-state index contributed by atoms with van der Waals surface area (Å²) >= 11 is 0. The van der Waals surface area contributed by atoms with E-state index in [0.717, 1.165) is 25.1 Å². The van der Waals surface area contributed by atoms with Gasteiger partial charge < -0.3 is 9.73 Å². The van der Waals surface area contributed by atoms with E-state index in [1.165, 1.54) is 16.8 Å². The van der Waals surface area contributed by atoms with Crippen LogP contribution in [0, 0.1) is 0 Å². The zero-order chi connectivity index (χ0) is 13.4. The molecule has 18 heavy (non-hydrogen) atoms. The first-order valence-electron chi connectivity index (χ1n) is 5.99. The molecule has 0 aliphatic heterocycles. The summed E-state index contributed by atoms with van der Waals surface area (Å²) in [6.07, 6.45) is 3.83. The molecule has 0 saturated carbocycles. The van der Waals surface area contributed by atoms with Crippen LogP contribution < -0.4 is 10.0 Å². The summed E-state index contributed by atoms with van der Waals surface area (Å²) in [5.41, 5.74) is 0.805. The lowest BCUT2D eigenvalue weighted by Gasteiger charge is -2.17. The maximum absolute atomic E-state index is 11.9. The van der Waals surface area contributed by atoms with Gasteiger partial charge in [-0.25, -0.2) is 0 Å². The second kappa shape index (κ2) is 7.52. The summed E-state index contributed by atoms with van der Waals surface area (Å²) in [5.74, 6) is 0. The molecule has 1 heterocycles. The molecule has 0 unspecified atom stereocenters. The highest BCUT2D eigenvalue weighted by atomic mass is 32.2. The molecule has 1 aromatic rings. The Morgan fingerprint density at radius 3 is 2.83 bits per heavy atom. The first-order valence-corrected chi connectivity index (χ1v) is 7.43. The van der Waals surface area contributed by atoms with Crippen LogP contribution in [0.3, 0.4) is 0 Å². The highest BCUT2D eigenvalue weighted by molar-refractivity contribution is 7.87. The van der Waals surface area contributed by atoms with Gasteiger partial charge in [0.05, 0.1) is 12.5 Å². The van der Waals surface area contributed by atoms with Gasteiger partial charge in [0.15, 0.2) is 0 Å². The zero-order valence-electron chi connectivity index (χ0n) is 10.8. The summed E-state index contributed by atoms with van der Waals surface area (Å²) in [5, 5.41) is 3.16. The lowest BCUT2D eigenvalue weighted by molar-refractivity contribution is 0.445. The van der Waals surface area contributed by atoms with Crippen molar-refractivity contribution in [1.82, 2.24) is 14.3 Å². The summed E-state index contributed by atoms with van der Waals surface area (Å²) in [7, 11) is -1.84. The fraction of sp³-hybridized carbons (Fsp3) is 0.636. The maximum Gasteiger partial charge on any atom is 0.279 e. The van der Waals surface area contributed by atoms with Crippen molar-refractivity contribution in [3.05, 3.63) is 24.2 Å². The molecule has 0 aliphatic rings. The Bertz CT molecular complexity index is 417. The number of hydrogen-bond acceptors (Lipinski definition) is 4. The van der Waals surface area contributed by atoms with E-state index in [1.807, 2.05) is 6.92 Å². The topological polar surface area (TPSA) is 74.6 Å². The van der Waals surface area contributed by atoms with Crippen molar-refractivity contribution in [2.24, 2.45) is 0 Å². The molecule has 0 spiro atoms. The number of nitrogens with zero attached hydrogens (tertiary/aromatic N) is 1. The zero-order valence-corrected chi connectivity index (χ0v) is 11.7. The van der Waals surface area contributed by atoms with E-state index in [9.17, 15) is 8.42 Å². The predicted molar refractivity (Wildman–Crippen MR) is 70.3 cm³/mol. The third kappa shape index (κ3) is 5.18. The Hall–Kier alpha value is -0.890. The highest BCUT2D eigenvalue weighted by Crippen LogP contribution is 2.02. The second-order valence-corrected chi connectivity index (χ2v) is 5.85. The van der Waals surface area contributed by atoms with Gasteiger partial charge in [0.1, 0.15) is 0 Å². The van der Waals surface area contributed by atoms with Gasteiger partial charge in [-0.05, 0) is 25.6 Å². The largest absolute Gasteiger partial charge is 0.472 e. The summed E-state index contributed by atoms with van der Waals surface area (Å²) in [4.78, 5) is 0. The molecular weight excluding hydrogens is 254 g/mol. The lowest BCUT2D eigenvalue weighted by Crippen LogP contribution is -2.39. The molecule has 104 valence electrons. The first kappa shape index (κ1) is 15.2. The Kier molecular flexibility index (Phi) is 6.34. The van der Waals surface area contributed by atoms with Gasteiger partial charge in [-0.1, -0.05) is 6.92 Å². The molecule has 0 aromatic carbocycles. The van der Waals surface area contributed by atoms with Crippen LogP contribution in [0.2, 0.25) is 0 Å². The number of hydrogen-bond donors (Lipinski definition) is 2. The number of furan rings is 1. The molecular formula is C11H21N3O3S. The van der Waals surface area contributed by atoms with E-state index < -0.39 is 10.2 Å². The van der Waals surface area contributed by atoms with Gasteiger partial charge >= 0.3 is 0 Å². The molecule has 1 rings (SSSR count). The van der Waals surface area contributed by atoms with E-state index >= 15 is 0 Å². The molecule has 0 fully saturated rings. The molecule has 7 heteroatoms. The van der Waals surface area contributed by atoms with Crippen molar-refractivity contribution in [3.8, 4) is 0 Å². The average molecular weight is 275 g/mol. The summed E-state index contributed by atoms with van der Waals surface area (Å²) < 4.78 is 32.4. The monoisotopic (exact) mass is 275 g/mol. The third-order valence-corrected chi connectivity index (χ3v) is 4.04. The van der Waals surface area contributed by atoms with E-state index in [1.54, 1.807) is 13.1 Å². The third-order valence-electron chi connectivity index (χ3n) is 2.53. The van der Waals surface area contributed by atoms with E-state index in [4.69, 9.17) is 4.42 Å². The molecule has 0 aliphatic carbocycles. The Morgan fingerprint density at radius 1 is 1.44 bits per heavy atom. The van der Waals surface area contributed by atoms with Gasteiger partial charge in [0.2, 0.25) is 0 Å². The van der Waals surface area contributed by atoms with Crippen LogP contribution in [0.25, 0.3) is 0 Å². The van der Waals surface area contributed by atoms with Crippen LogP contribution >= 0.6 is 0 Å². The van der Waals surface area contributed by atoms with Gasteiger partial charge in [-0.3, -0.25) is 0 Å². The molecule has 0 atom stereocenters. The highest BCUT2D eigenvalue weighted by Gasteiger charge is 2.16. The van der Waals surface area contributed by atoms with Crippen LogP contribution in [0.4, 0.5) is 0 Å². The van der Waals surface area contributed by atoms with Crippen LogP contribution in [0.1, 0.15) is 18.9 Å². The Labute approximate surface area is 109 Å². The minimum atomic E-state index is -3.41.